The number of rotatable bonds is 5. The summed E-state index contributed by atoms with van der Waals surface area (Å²) in [5, 5.41) is 13.5. The number of halogens is 1. The van der Waals surface area contributed by atoms with Crippen LogP contribution in [0.4, 0.5) is 4.79 Å². The minimum absolute atomic E-state index is 0.190. The van der Waals surface area contributed by atoms with Crippen molar-refractivity contribution >= 4 is 17.7 Å². The maximum Gasteiger partial charge on any atom is 0.410 e. The molecule has 5 heteroatoms. The molecule has 0 spiro atoms. The standard InChI is InChI=1S/C17H18ClNO3/c1-2-17(21,14-10-6-7-11-15(14)18)22-16(20)19-12-13-8-4-3-5-9-13/h3-11,21H,2,12H2,1H3,(H,19,20)/t17-/m0/s1. The number of nitrogens with one attached hydrogen (secondary N) is 1. The van der Waals surface area contributed by atoms with Crippen molar-refractivity contribution in [1.82, 2.24) is 5.32 Å². The van der Waals surface area contributed by atoms with Gasteiger partial charge in [0.25, 0.3) is 0 Å². The first-order valence-corrected chi connectivity index (χ1v) is 7.41. The molecule has 0 fully saturated rings. The van der Waals surface area contributed by atoms with Gasteiger partial charge in [-0.1, -0.05) is 67.1 Å². The van der Waals surface area contributed by atoms with Crippen LogP contribution in [0.25, 0.3) is 0 Å². The highest BCUT2D eigenvalue weighted by atomic mass is 35.5. The molecule has 0 bridgehead atoms. The summed E-state index contributed by atoms with van der Waals surface area (Å²) in [4.78, 5) is 11.9. The van der Waals surface area contributed by atoms with Gasteiger partial charge < -0.3 is 15.2 Å². The van der Waals surface area contributed by atoms with E-state index in [1.54, 1.807) is 31.2 Å². The molecule has 4 nitrogen and oxygen atoms in total. The van der Waals surface area contributed by atoms with Crippen LogP contribution in [0.15, 0.2) is 54.6 Å². The van der Waals surface area contributed by atoms with Crippen molar-refractivity contribution in [2.45, 2.75) is 25.7 Å². The first-order valence-electron chi connectivity index (χ1n) is 7.03. The van der Waals surface area contributed by atoms with E-state index < -0.39 is 11.9 Å². The van der Waals surface area contributed by atoms with Crippen molar-refractivity contribution < 1.29 is 14.6 Å². The van der Waals surface area contributed by atoms with Gasteiger partial charge in [-0.3, -0.25) is 0 Å². The van der Waals surface area contributed by atoms with Crippen LogP contribution in [0.2, 0.25) is 5.02 Å². The summed E-state index contributed by atoms with van der Waals surface area (Å²) in [5.41, 5.74) is 1.31. The van der Waals surface area contributed by atoms with Crippen LogP contribution in [0.1, 0.15) is 24.5 Å². The number of hydrogen-bond donors (Lipinski definition) is 2. The maximum absolute atomic E-state index is 11.9. The second-order valence-corrected chi connectivity index (χ2v) is 5.25. The van der Waals surface area contributed by atoms with Gasteiger partial charge in [-0.15, -0.1) is 0 Å². The Kier molecular flexibility index (Phi) is 5.41. The number of hydrogen-bond acceptors (Lipinski definition) is 3. The van der Waals surface area contributed by atoms with Gasteiger partial charge in [-0.25, -0.2) is 4.79 Å². The number of benzene rings is 2. The Morgan fingerprint density at radius 2 is 1.82 bits per heavy atom. The van der Waals surface area contributed by atoms with E-state index in [2.05, 4.69) is 5.32 Å². The van der Waals surface area contributed by atoms with Crippen LogP contribution in [-0.2, 0) is 17.1 Å². The number of aliphatic hydroxyl groups is 1. The molecule has 0 aliphatic rings. The third-order valence-electron chi connectivity index (χ3n) is 3.32. The van der Waals surface area contributed by atoms with Gasteiger partial charge in [0, 0.05) is 18.5 Å². The first kappa shape index (κ1) is 16.3. The summed E-state index contributed by atoms with van der Waals surface area (Å²) in [5.74, 6) is -1.75. The summed E-state index contributed by atoms with van der Waals surface area (Å²) in [6, 6.07) is 16.2. The van der Waals surface area contributed by atoms with Gasteiger partial charge in [-0.05, 0) is 11.6 Å². The minimum Gasteiger partial charge on any atom is -0.413 e. The van der Waals surface area contributed by atoms with Gasteiger partial charge in [0.1, 0.15) is 0 Å². The molecule has 22 heavy (non-hydrogen) atoms. The molecule has 0 unspecified atom stereocenters. The zero-order chi connectivity index (χ0) is 16.0. The van der Waals surface area contributed by atoms with Gasteiger partial charge in [-0.2, -0.15) is 0 Å². The van der Waals surface area contributed by atoms with Crippen LogP contribution in [0, 0.1) is 0 Å². The van der Waals surface area contributed by atoms with E-state index in [1.165, 1.54) is 0 Å². The Hall–Kier alpha value is -2.04. The highest BCUT2D eigenvalue weighted by molar-refractivity contribution is 6.31. The van der Waals surface area contributed by atoms with Crippen LogP contribution in [-0.4, -0.2) is 11.2 Å². The highest BCUT2D eigenvalue weighted by Crippen LogP contribution is 2.32. The Balaban J connectivity index is 2.03. The Morgan fingerprint density at radius 1 is 1.18 bits per heavy atom. The molecule has 2 aromatic rings. The van der Waals surface area contributed by atoms with Crippen LogP contribution in [0.3, 0.4) is 0 Å². The summed E-state index contributed by atoms with van der Waals surface area (Å²) in [6.45, 7) is 2.04. The molecule has 1 amide bonds. The molecule has 2 N–H and O–H groups in total. The molecule has 0 aliphatic heterocycles. The molecule has 2 rings (SSSR count). The topological polar surface area (TPSA) is 58.6 Å². The number of alkyl carbamates (subject to hydrolysis) is 1. The number of ether oxygens (including phenoxy) is 1. The predicted molar refractivity (Wildman–Crippen MR) is 85.4 cm³/mol. The minimum atomic E-state index is -1.75. The van der Waals surface area contributed by atoms with Gasteiger partial charge in [0.2, 0.25) is 5.79 Å². The molecule has 1 atom stereocenters. The van der Waals surface area contributed by atoms with Gasteiger partial charge in [0.15, 0.2) is 0 Å². The third-order valence-corrected chi connectivity index (χ3v) is 3.64. The highest BCUT2D eigenvalue weighted by Gasteiger charge is 2.33. The van der Waals surface area contributed by atoms with Crippen molar-refractivity contribution in [3.63, 3.8) is 0 Å². The summed E-state index contributed by atoms with van der Waals surface area (Å²) in [6.07, 6.45) is -0.511. The van der Waals surface area contributed by atoms with Crippen LogP contribution in [0.5, 0.6) is 0 Å². The van der Waals surface area contributed by atoms with E-state index in [-0.39, 0.29) is 6.42 Å². The monoisotopic (exact) mass is 319 g/mol. The Labute approximate surface area is 134 Å². The molecule has 0 heterocycles. The smallest absolute Gasteiger partial charge is 0.410 e. The molecule has 0 radical (unpaired) electrons. The van der Waals surface area contributed by atoms with Crippen molar-refractivity contribution in [2.75, 3.05) is 0 Å². The van der Waals surface area contributed by atoms with Crippen molar-refractivity contribution in [1.29, 1.82) is 0 Å². The molecule has 0 saturated carbocycles. The number of carbonyl (C=O) groups excluding carboxylic acids is 1. The van der Waals surface area contributed by atoms with Crippen molar-refractivity contribution in [3.05, 3.63) is 70.7 Å². The van der Waals surface area contributed by atoms with Crippen LogP contribution >= 0.6 is 11.6 Å². The zero-order valence-electron chi connectivity index (χ0n) is 12.3. The van der Waals surface area contributed by atoms with Crippen LogP contribution < -0.4 is 5.32 Å². The third kappa shape index (κ3) is 4.00. The lowest BCUT2D eigenvalue weighted by atomic mass is 10.0. The average Bonchev–Trinajstić information content (AvgIpc) is 2.54. The second kappa shape index (κ2) is 7.29. The Morgan fingerprint density at radius 3 is 2.45 bits per heavy atom. The van der Waals surface area contributed by atoms with E-state index in [9.17, 15) is 9.90 Å². The van der Waals surface area contributed by atoms with E-state index >= 15 is 0 Å². The largest absolute Gasteiger partial charge is 0.413 e. The number of amides is 1. The predicted octanol–water partition coefficient (Wildman–Crippen LogP) is 3.82. The maximum atomic E-state index is 11.9. The summed E-state index contributed by atoms with van der Waals surface area (Å²) < 4.78 is 5.20. The molecule has 0 aromatic heterocycles. The molecule has 116 valence electrons. The van der Waals surface area contributed by atoms with E-state index in [4.69, 9.17) is 16.3 Å². The lowest BCUT2D eigenvalue weighted by Gasteiger charge is -2.27. The molecule has 0 aliphatic carbocycles. The molecule has 0 saturated heterocycles. The normalized spacial score (nSPS) is 13.2. The molecule has 2 aromatic carbocycles. The Bertz CT molecular complexity index is 633. The lowest BCUT2D eigenvalue weighted by Crippen LogP contribution is -2.36. The fraction of sp³-hybridized carbons (Fsp3) is 0.235. The molecular weight excluding hydrogens is 302 g/mol. The lowest BCUT2D eigenvalue weighted by molar-refractivity contribution is -0.172. The van der Waals surface area contributed by atoms with E-state index in [0.29, 0.717) is 17.1 Å². The quantitative estimate of drug-likeness (QED) is 0.824. The first-order chi connectivity index (χ1) is 10.5. The van der Waals surface area contributed by atoms with E-state index in [0.717, 1.165) is 5.56 Å². The molecular formula is C17H18ClNO3. The van der Waals surface area contributed by atoms with Gasteiger partial charge >= 0.3 is 6.09 Å². The average molecular weight is 320 g/mol. The fourth-order valence-electron chi connectivity index (χ4n) is 2.06. The fourth-order valence-corrected chi connectivity index (χ4v) is 2.34. The van der Waals surface area contributed by atoms with Crippen molar-refractivity contribution in [3.8, 4) is 0 Å². The van der Waals surface area contributed by atoms with E-state index in [1.807, 2.05) is 30.3 Å². The van der Waals surface area contributed by atoms with Gasteiger partial charge in [0.05, 0.1) is 5.02 Å². The SMILES string of the molecule is CC[C@](O)(OC(=O)NCc1ccccc1)c1ccccc1Cl. The zero-order valence-corrected chi connectivity index (χ0v) is 13.0. The summed E-state index contributed by atoms with van der Waals surface area (Å²) in [7, 11) is 0. The van der Waals surface area contributed by atoms with Crippen molar-refractivity contribution in [2.24, 2.45) is 0 Å². The number of carbonyl (C=O) groups is 1. The summed E-state index contributed by atoms with van der Waals surface area (Å²) >= 11 is 6.07. The second-order valence-electron chi connectivity index (χ2n) is 4.85.